The molecule has 0 saturated carbocycles. The number of rotatable bonds is 8. The number of amides is 2. The summed E-state index contributed by atoms with van der Waals surface area (Å²) in [4.78, 5) is 23.8. The predicted octanol–water partition coefficient (Wildman–Crippen LogP) is -0.507. The number of carbonyl (C=O) groups is 2. The number of hydrogen-bond acceptors (Lipinski definition) is 5. The van der Waals surface area contributed by atoms with Crippen LogP contribution < -0.4 is 16.4 Å². The first-order valence-electron chi connectivity index (χ1n) is 6.77. The molecule has 1 aromatic carbocycles. The van der Waals surface area contributed by atoms with E-state index in [2.05, 4.69) is 10.6 Å². The lowest BCUT2D eigenvalue weighted by atomic mass is 10.1. The fourth-order valence-corrected chi connectivity index (χ4v) is 1.68. The molecule has 0 saturated heterocycles. The Morgan fingerprint density at radius 3 is 1.71 bits per heavy atom. The molecule has 0 spiro atoms. The van der Waals surface area contributed by atoms with E-state index in [1.165, 1.54) is 18.2 Å². The van der Waals surface area contributed by atoms with Crippen LogP contribution in [0, 0.1) is 0 Å². The summed E-state index contributed by atoms with van der Waals surface area (Å²) in [5, 5.41) is 22.6. The summed E-state index contributed by atoms with van der Waals surface area (Å²) in [6.45, 7) is 0.690. The molecule has 0 aliphatic heterocycles. The first kappa shape index (κ1) is 16.9. The fraction of sp³-hybridized carbons (Fsp3) is 0.429. The van der Waals surface area contributed by atoms with Crippen LogP contribution in [0.1, 0.15) is 33.6 Å². The fourth-order valence-electron chi connectivity index (χ4n) is 1.68. The van der Waals surface area contributed by atoms with Crippen molar-refractivity contribution < 1.29 is 19.8 Å². The van der Waals surface area contributed by atoms with Gasteiger partial charge in [0, 0.05) is 43.1 Å². The Morgan fingerprint density at radius 2 is 1.33 bits per heavy atom. The lowest BCUT2D eigenvalue weighted by Gasteiger charge is -2.09. The topological polar surface area (TPSA) is 125 Å². The summed E-state index contributed by atoms with van der Waals surface area (Å²) in [6, 6.07) is 4.43. The molecule has 0 radical (unpaired) electrons. The van der Waals surface area contributed by atoms with Gasteiger partial charge < -0.3 is 26.6 Å². The molecule has 1 rings (SSSR count). The molecule has 0 heterocycles. The van der Waals surface area contributed by atoms with Crippen LogP contribution in [0.15, 0.2) is 18.2 Å². The second-order valence-electron chi connectivity index (χ2n) is 4.51. The second kappa shape index (κ2) is 8.93. The van der Waals surface area contributed by atoms with Crippen molar-refractivity contribution in [2.24, 2.45) is 0 Å². The molecule has 1 aromatic rings. The average Bonchev–Trinajstić information content (AvgIpc) is 2.47. The van der Waals surface area contributed by atoms with Crippen molar-refractivity contribution in [1.29, 1.82) is 0 Å². The molecule has 7 nitrogen and oxygen atoms in total. The number of anilines is 1. The number of nitrogen functional groups attached to an aromatic ring is 1. The molecule has 0 aliphatic carbocycles. The lowest BCUT2D eigenvalue weighted by Crippen LogP contribution is -2.27. The highest BCUT2D eigenvalue weighted by molar-refractivity contribution is 6.00. The van der Waals surface area contributed by atoms with Crippen molar-refractivity contribution in [3.63, 3.8) is 0 Å². The number of aliphatic hydroxyl groups excluding tert-OH is 2. The number of nitrogens with one attached hydrogen (secondary N) is 2. The Morgan fingerprint density at radius 1 is 0.905 bits per heavy atom. The number of carbonyl (C=O) groups excluding carboxylic acids is 2. The Bertz CT molecular complexity index is 451. The van der Waals surface area contributed by atoms with E-state index in [4.69, 9.17) is 15.9 Å². The third kappa shape index (κ3) is 5.80. The van der Waals surface area contributed by atoms with Gasteiger partial charge in [-0.3, -0.25) is 9.59 Å². The van der Waals surface area contributed by atoms with Crippen LogP contribution in [-0.2, 0) is 0 Å². The van der Waals surface area contributed by atoms with Crippen molar-refractivity contribution in [2.45, 2.75) is 12.8 Å². The van der Waals surface area contributed by atoms with E-state index in [-0.39, 0.29) is 25.0 Å². The van der Waals surface area contributed by atoms with E-state index in [1.807, 2.05) is 0 Å². The first-order chi connectivity index (χ1) is 10.1. The first-order valence-corrected chi connectivity index (χ1v) is 6.77. The smallest absolute Gasteiger partial charge is 0.251 e. The van der Waals surface area contributed by atoms with Gasteiger partial charge in [-0.05, 0) is 31.0 Å². The lowest BCUT2D eigenvalue weighted by molar-refractivity contribution is 0.0950. The van der Waals surface area contributed by atoms with Gasteiger partial charge in [-0.2, -0.15) is 0 Å². The van der Waals surface area contributed by atoms with Crippen molar-refractivity contribution in [2.75, 3.05) is 32.0 Å². The minimum atomic E-state index is -0.347. The van der Waals surface area contributed by atoms with Crippen LogP contribution in [0.25, 0.3) is 0 Å². The minimum Gasteiger partial charge on any atom is -0.399 e. The number of benzene rings is 1. The maximum absolute atomic E-state index is 11.9. The van der Waals surface area contributed by atoms with Crippen LogP contribution in [-0.4, -0.2) is 48.3 Å². The molecule has 0 fully saturated rings. The third-order valence-electron chi connectivity index (χ3n) is 2.72. The standard InChI is InChI=1S/C14H21N3O4/c15-12-8-10(13(20)16-3-1-5-18)7-11(9-12)14(21)17-4-2-6-19/h7-9,18-19H,1-6,15H2,(H,16,20)(H,17,21). The predicted molar refractivity (Wildman–Crippen MR) is 78.9 cm³/mol. The summed E-state index contributed by atoms with van der Waals surface area (Å²) in [7, 11) is 0. The molecular formula is C14H21N3O4. The van der Waals surface area contributed by atoms with Crippen LogP contribution in [0.4, 0.5) is 5.69 Å². The number of nitrogens with two attached hydrogens (primary N) is 1. The summed E-state index contributed by atoms with van der Waals surface area (Å²) in [5.74, 6) is -0.694. The van der Waals surface area contributed by atoms with Gasteiger partial charge in [0.2, 0.25) is 0 Å². The maximum Gasteiger partial charge on any atom is 0.251 e. The van der Waals surface area contributed by atoms with Crippen molar-refractivity contribution >= 4 is 17.5 Å². The zero-order valence-corrected chi connectivity index (χ0v) is 11.8. The van der Waals surface area contributed by atoms with Crippen LogP contribution in [0.3, 0.4) is 0 Å². The molecule has 21 heavy (non-hydrogen) atoms. The summed E-state index contributed by atoms with van der Waals surface area (Å²) in [5.41, 5.74) is 6.61. The zero-order valence-electron chi connectivity index (χ0n) is 11.8. The van der Waals surface area contributed by atoms with E-state index in [0.717, 1.165) is 0 Å². The zero-order chi connectivity index (χ0) is 15.7. The normalized spacial score (nSPS) is 10.2. The number of hydrogen-bond donors (Lipinski definition) is 5. The molecular weight excluding hydrogens is 274 g/mol. The van der Waals surface area contributed by atoms with Gasteiger partial charge in [0.25, 0.3) is 11.8 Å². The van der Waals surface area contributed by atoms with Gasteiger partial charge in [-0.25, -0.2) is 0 Å². The summed E-state index contributed by atoms with van der Waals surface area (Å²) < 4.78 is 0. The van der Waals surface area contributed by atoms with Crippen molar-refractivity contribution in [3.05, 3.63) is 29.3 Å². The van der Waals surface area contributed by atoms with Crippen molar-refractivity contribution in [1.82, 2.24) is 10.6 Å². The van der Waals surface area contributed by atoms with Gasteiger partial charge in [-0.1, -0.05) is 0 Å². The van der Waals surface area contributed by atoms with Gasteiger partial charge in [-0.15, -0.1) is 0 Å². The van der Waals surface area contributed by atoms with Crippen molar-refractivity contribution in [3.8, 4) is 0 Å². The van der Waals surface area contributed by atoms with E-state index in [9.17, 15) is 9.59 Å². The highest BCUT2D eigenvalue weighted by Crippen LogP contribution is 2.12. The highest BCUT2D eigenvalue weighted by atomic mass is 16.3. The second-order valence-corrected chi connectivity index (χ2v) is 4.51. The molecule has 0 aromatic heterocycles. The average molecular weight is 295 g/mol. The molecule has 2 amide bonds. The van der Waals surface area contributed by atoms with E-state index in [0.29, 0.717) is 42.7 Å². The molecule has 7 heteroatoms. The quantitative estimate of drug-likeness (QED) is 0.326. The van der Waals surface area contributed by atoms with E-state index < -0.39 is 0 Å². The molecule has 0 bridgehead atoms. The van der Waals surface area contributed by atoms with Crippen LogP contribution >= 0.6 is 0 Å². The summed E-state index contributed by atoms with van der Waals surface area (Å²) >= 11 is 0. The Labute approximate surface area is 123 Å². The van der Waals surface area contributed by atoms with Gasteiger partial charge >= 0.3 is 0 Å². The Hall–Kier alpha value is -2.12. The Kier molecular flexibility index (Phi) is 7.20. The molecule has 0 atom stereocenters. The molecule has 6 N–H and O–H groups in total. The van der Waals surface area contributed by atoms with Crippen LogP contribution in [0.5, 0.6) is 0 Å². The van der Waals surface area contributed by atoms with Crippen LogP contribution in [0.2, 0.25) is 0 Å². The third-order valence-corrected chi connectivity index (χ3v) is 2.72. The highest BCUT2D eigenvalue weighted by Gasteiger charge is 2.11. The van der Waals surface area contributed by atoms with Gasteiger partial charge in [0.05, 0.1) is 0 Å². The van der Waals surface area contributed by atoms with E-state index >= 15 is 0 Å². The largest absolute Gasteiger partial charge is 0.399 e. The maximum atomic E-state index is 11.9. The monoisotopic (exact) mass is 295 g/mol. The summed E-state index contributed by atoms with van der Waals surface area (Å²) in [6.07, 6.45) is 0.922. The number of aliphatic hydroxyl groups is 2. The minimum absolute atomic E-state index is 0.00424. The molecule has 0 unspecified atom stereocenters. The van der Waals surface area contributed by atoms with Gasteiger partial charge in [0.1, 0.15) is 0 Å². The van der Waals surface area contributed by atoms with E-state index in [1.54, 1.807) is 0 Å². The molecule has 116 valence electrons. The Balaban J connectivity index is 2.74. The van der Waals surface area contributed by atoms with Gasteiger partial charge in [0.15, 0.2) is 0 Å². The SMILES string of the molecule is Nc1cc(C(=O)NCCCO)cc(C(=O)NCCCO)c1. The molecule has 0 aliphatic rings.